The van der Waals surface area contributed by atoms with Crippen LogP contribution in [0, 0.1) is 5.82 Å². The van der Waals surface area contributed by atoms with Gasteiger partial charge in [0.05, 0.1) is 17.8 Å². The van der Waals surface area contributed by atoms with Gasteiger partial charge in [0.2, 0.25) is 0 Å². The number of anilines is 1. The molecular weight excluding hydrogens is 387 g/mol. The van der Waals surface area contributed by atoms with Gasteiger partial charge in [0.25, 0.3) is 11.8 Å². The second kappa shape index (κ2) is 8.41. The Labute approximate surface area is 173 Å². The number of benzene rings is 2. The van der Waals surface area contributed by atoms with E-state index in [4.69, 9.17) is 9.15 Å². The number of fused-ring (bicyclic) bond motifs is 1. The summed E-state index contributed by atoms with van der Waals surface area (Å²) >= 11 is 0. The molecule has 0 unspecified atom stereocenters. The maximum Gasteiger partial charge on any atom is 0.294 e. The highest BCUT2D eigenvalue weighted by atomic mass is 19.1. The Morgan fingerprint density at radius 2 is 1.87 bits per heavy atom. The van der Waals surface area contributed by atoms with E-state index in [2.05, 4.69) is 5.32 Å². The molecule has 2 amide bonds. The Morgan fingerprint density at radius 1 is 1.10 bits per heavy atom. The summed E-state index contributed by atoms with van der Waals surface area (Å²) in [6.45, 7) is 2.52. The normalized spacial score (nSPS) is 15.3. The van der Waals surface area contributed by atoms with Gasteiger partial charge in [-0.3, -0.25) is 14.5 Å². The minimum atomic E-state index is -0.837. The summed E-state index contributed by atoms with van der Waals surface area (Å²) in [6, 6.07) is 16.3. The van der Waals surface area contributed by atoms with E-state index in [0.717, 1.165) is 6.42 Å². The molecule has 4 rings (SSSR count). The van der Waals surface area contributed by atoms with Gasteiger partial charge in [-0.1, -0.05) is 31.2 Å². The van der Waals surface area contributed by atoms with Crippen molar-refractivity contribution >= 4 is 17.5 Å². The zero-order valence-corrected chi connectivity index (χ0v) is 16.4. The number of hydrogen-bond acceptors (Lipinski definition) is 4. The first-order valence-corrected chi connectivity index (χ1v) is 9.78. The molecule has 1 aromatic heterocycles. The molecule has 0 radical (unpaired) electrons. The van der Waals surface area contributed by atoms with E-state index in [1.165, 1.54) is 17.0 Å². The number of para-hydroxylation sites is 2. The van der Waals surface area contributed by atoms with Gasteiger partial charge >= 0.3 is 0 Å². The maximum absolute atomic E-state index is 14.1. The fourth-order valence-electron chi connectivity index (χ4n) is 3.32. The number of amides is 2. The van der Waals surface area contributed by atoms with Gasteiger partial charge < -0.3 is 14.5 Å². The van der Waals surface area contributed by atoms with Crippen molar-refractivity contribution in [3.8, 4) is 17.1 Å². The van der Waals surface area contributed by atoms with E-state index >= 15 is 0 Å². The topological polar surface area (TPSA) is 71.8 Å². The smallest absolute Gasteiger partial charge is 0.294 e. The van der Waals surface area contributed by atoms with Crippen LogP contribution in [0.4, 0.5) is 10.1 Å². The quantitative estimate of drug-likeness (QED) is 0.692. The lowest BCUT2D eigenvalue weighted by molar-refractivity contribution is -0.127. The summed E-state index contributed by atoms with van der Waals surface area (Å²) in [4.78, 5) is 27.1. The molecule has 6 nitrogen and oxygen atoms in total. The van der Waals surface area contributed by atoms with E-state index in [1.54, 1.807) is 48.5 Å². The average molecular weight is 408 g/mol. The Bertz CT molecular complexity index is 1080. The highest BCUT2D eigenvalue weighted by Gasteiger charge is 2.35. The average Bonchev–Trinajstić information content (AvgIpc) is 3.26. The number of carbonyl (C=O) groups is 2. The third-order valence-corrected chi connectivity index (χ3v) is 4.82. The Morgan fingerprint density at radius 3 is 2.67 bits per heavy atom. The number of nitrogens with one attached hydrogen (secondary N) is 1. The van der Waals surface area contributed by atoms with Crippen molar-refractivity contribution in [2.45, 2.75) is 19.4 Å². The Hall–Kier alpha value is -3.61. The van der Waals surface area contributed by atoms with E-state index in [-0.39, 0.29) is 29.5 Å². The van der Waals surface area contributed by atoms with Gasteiger partial charge in [-0.25, -0.2) is 4.39 Å². The van der Waals surface area contributed by atoms with Crippen molar-refractivity contribution in [2.24, 2.45) is 0 Å². The van der Waals surface area contributed by atoms with Crippen LogP contribution in [-0.2, 0) is 4.79 Å². The number of hydrogen-bond donors (Lipinski definition) is 1. The molecule has 1 atom stereocenters. The van der Waals surface area contributed by atoms with Gasteiger partial charge in [-0.15, -0.1) is 0 Å². The SMILES string of the molecule is CCCNC(=O)[C@@H]1CN(C(=O)c2ccc(-c3ccccc3F)o2)c2ccccc2O1. The van der Waals surface area contributed by atoms with Crippen LogP contribution in [0.5, 0.6) is 5.75 Å². The van der Waals surface area contributed by atoms with Gasteiger partial charge in [-0.2, -0.15) is 0 Å². The molecule has 7 heteroatoms. The van der Waals surface area contributed by atoms with Crippen LogP contribution in [0.1, 0.15) is 23.9 Å². The van der Waals surface area contributed by atoms with Crippen LogP contribution < -0.4 is 15.0 Å². The van der Waals surface area contributed by atoms with Crippen molar-refractivity contribution in [1.29, 1.82) is 0 Å². The van der Waals surface area contributed by atoms with E-state index in [1.807, 2.05) is 6.92 Å². The second-order valence-electron chi connectivity index (χ2n) is 6.92. The van der Waals surface area contributed by atoms with Gasteiger partial charge in [0.1, 0.15) is 17.3 Å². The van der Waals surface area contributed by atoms with Crippen molar-refractivity contribution in [3.05, 3.63) is 72.2 Å². The first kappa shape index (κ1) is 19.7. The van der Waals surface area contributed by atoms with Crippen molar-refractivity contribution in [3.63, 3.8) is 0 Å². The number of halogens is 1. The largest absolute Gasteiger partial charge is 0.477 e. The molecule has 0 fully saturated rings. The van der Waals surface area contributed by atoms with Crippen molar-refractivity contribution in [2.75, 3.05) is 18.0 Å². The molecule has 2 aromatic carbocycles. The van der Waals surface area contributed by atoms with Crippen LogP contribution in [-0.4, -0.2) is 31.0 Å². The van der Waals surface area contributed by atoms with Crippen LogP contribution in [0.2, 0.25) is 0 Å². The molecule has 30 heavy (non-hydrogen) atoms. The van der Waals surface area contributed by atoms with E-state index in [9.17, 15) is 14.0 Å². The first-order valence-electron chi connectivity index (χ1n) is 9.78. The second-order valence-corrected chi connectivity index (χ2v) is 6.92. The van der Waals surface area contributed by atoms with E-state index < -0.39 is 17.8 Å². The van der Waals surface area contributed by atoms with Gasteiger partial charge in [-0.05, 0) is 42.8 Å². The molecule has 0 bridgehead atoms. The predicted molar refractivity (Wildman–Crippen MR) is 110 cm³/mol. The zero-order valence-electron chi connectivity index (χ0n) is 16.4. The first-order chi connectivity index (χ1) is 14.6. The fraction of sp³-hybridized carbons (Fsp3) is 0.217. The third kappa shape index (κ3) is 3.78. The monoisotopic (exact) mass is 408 g/mol. The molecule has 0 saturated heterocycles. The summed E-state index contributed by atoms with van der Waals surface area (Å²) < 4.78 is 25.5. The molecular formula is C23H21FN2O4. The van der Waals surface area contributed by atoms with Crippen LogP contribution >= 0.6 is 0 Å². The summed E-state index contributed by atoms with van der Waals surface area (Å²) in [5.74, 6) is -0.393. The Kier molecular flexibility index (Phi) is 5.52. The fourth-order valence-corrected chi connectivity index (χ4v) is 3.32. The molecule has 0 aliphatic carbocycles. The lowest BCUT2D eigenvalue weighted by Gasteiger charge is -2.33. The molecule has 1 N–H and O–H groups in total. The molecule has 154 valence electrons. The zero-order chi connectivity index (χ0) is 21.1. The molecule has 0 saturated carbocycles. The van der Waals surface area contributed by atoms with E-state index in [0.29, 0.717) is 18.0 Å². The number of rotatable bonds is 5. The molecule has 3 aromatic rings. The predicted octanol–water partition coefficient (Wildman–Crippen LogP) is 4.02. The molecule has 1 aliphatic heterocycles. The van der Waals surface area contributed by atoms with Crippen molar-refractivity contribution < 1.29 is 23.1 Å². The minimum absolute atomic E-state index is 0.0428. The van der Waals surface area contributed by atoms with Gasteiger partial charge in [0, 0.05) is 6.54 Å². The standard InChI is InChI=1S/C23H21FN2O4/c1-2-13-25-22(27)21-14-26(17-9-5-6-10-19(17)30-21)23(28)20-12-11-18(29-20)15-7-3-4-8-16(15)24/h3-12,21H,2,13-14H2,1H3,(H,25,27)/t21-/m0/s1. The van der Waals surface area contributed by atoms with Crippen LogP contribution in [0.15, 0.2) is 65.1 Å². The molecule has 2 heterocycles. The number of nitrogens with zero attached hydrogens (tertiary/aromatic N) is 1. The summed E-state index contributed by atoms with van der Waals surface area (Å²) in [5, 5.41) is 2.80. The summed E-state index contributed by atoms with van der Waals surface area (Å²) in [7, 11) is 0. The van der Waals surface area contributed by atoms with Crippen LogP contribution in [0.25, 0.3) is 11.3 Å². The molecule has 1 aliphatic rings. The highest BCUT2D eigenvalue weighted by molar-refractivity contribution is 6.06. The maximum atomic E-state index is 14.1. The lowest BCUT2D eigenvalue weighted by atomic mass is 10.1. The van der Waals surface area contributed by atoms with Gasteiger partial charge in [0.15, 0.2) is 11.9 Å². The lowest BCUT2D eigenvalue weighted by Crippen LogP contribution is -2.50. The third-order valence-electron chi connectivity index (χ3n) is 4.82. The minimum Gasteiger partial charge on any atom is -0.477 e. The van der Waals surface area contributed by atoms with Crippen LogP contribution in [0.3, 0.4) is 0 Å². The Balaban J connectivity index is 1.63. The number of furan rings is 1. The summed E-state index contributed by atoms with van der Waals surface area (Å²) in [5.41, 5.74) is 0.821. The molecule has 0 spiro atoms. The van der Waals surface area contributed by atoms with Crippen molar-refractivity contribution in [1.82, 2.24) is 5.32 Å². The number of ether oxygens (including phenoxy) is 1. The highest BCUT2D eigenvalue weighted by Crippen LogP contribution is 2.35. The summed E-state index contributed by atoms with van der Waals surface area (Å²) in [6.07, 6.45) is -0.0421. The number of carbonyl (C=O) groups excluding carboxylic acids is 2.